The van der Waals surface area contributed by atoms with Crippen LogP contribution >= 0.6 is 0 Å². The zero-order chi connectivity index (χ0) is 15.2. The molecule has 0 saturated heterocycles. The summed E-state index contributed by atoms with van der Waals surface area (Å²) in [6, 6.07) is 13.8. The molecule has 2 aromatic carbocycles. The Hall–Kier alpha value is -1.87. The van der Waals surface area contributed by atoms with Crippen molar-refractivity contribution >= 4 is 0 Å². The summed E-state index contributed by atoms with van der Waals surface area (Å²) in [6.45, 7) is 4.14. The van der Waals surface area contributed by atoms with Crippen molar-refractivity contribution in [3.05, 3.63) is 64.7 Å². The molecular weight excluding hydrogens is 265 g/mol. The van der Waals surface area contributed by atoms with E-state index in [1.54, 1.807) is 0 Å². The van der Waals surface area contributed by atoms with Crippen molar-refractivity contribution in [2.45, 2.75) is 32.9 Å². The van der Waals surface area contributed by atoms with Crippen molar-refractivity contribution in [2.75, 3.05) is 6.67 Å². The Morgan fingerprint density at radius 1 is 1.10 bits per heavy atom. The number of alkyl halides is 1. The van der Waals surface area contributed by atoms with Gasteiger partial charge in [0.25, 0.3) is 0 Å². The number of ether oxygens (including phenoxy) is 1. The molecule has 1 atom stereocenters. The van der Waals surface area contributed by atoms with Crippen molar-refractivity contribution in [3.63, 3.8) is 0 Å². The van der Waals surface area contributed by atoms with E-state index in [1.165, 1.54) is 0 Å². The Kier molecular flexibility index (Phi) is 5.34. The van der Waals surface area contributed by atoms with E-state index in [4.69, 9.17) is 10.5 Å². The highest BCUT2D eigenvalue weighted by Crippen LogP contribution is 2.28. The minimum Gasteiger partial charge on any atom is -0.488 e. The van der Waals surface area contributed by atoms with Crippen LogP contribution in [-0.2, 0) is 6.61 Å². The van der Waals surface area contributed by atoms with E-state index in [-0.39, 0.29) is 6.04 Å². The highest BCUT2D eigenvalue weighted by atomic mass is 19.1. The zero-order valence-corrected chi connectivity index (χ0v) is 12.6. The zero-order valence-electron chi connectivity index (χ0n) is 12.6. The maximum atomic E-state index is 12.4. The fraction of sp³-hybridized carbons (Fsp3) is 0.333. The Labute approximate surface area is 125 Å². The summed E-state index contributed by atoms with van der Waals surface area (Å²) in [5, 5.41) is 0. The van der Waals surface area contributed by atoms with Gasteiger partial charge in [0.1, 0.15) is 12.4 Å². The fourth-order valence-corrected chi connectivity index (χ4v) is 2.44. The first-order valence-electron chi connectivity index (χ1n) is 7.21. The molecule has 2 nitrogen and oxygen atoms in total. The van der Waals surface area contributed by atoms with Crippen LogP contribution in [0.25, 0.3) is 0 Å². The second-order valence-electron chi connectivity index (χ2n) is 5.34. The second kappa shape index (κ2) is 7.23. The maximum Gasteiger partial charge on any atom is 0.125 e. The van der Waals surface area contributed by atoms with E-state index in [1.807, 2.05) is 56.3 Å². The normalized spacial score (nSPS) is 12.2. The van der Waals surface area contributed by atoms with Crippen molar-refractivity contribution in [1.29, 1.82) is 0 Å². The number of rotatable bonds is 6. The van der Waals surface area contributed by atoms with Crippen LogP contribution < -0.4 is 10.5 Å². The summed E-state index contributed by atoms with van der Waals surface area (Å²) in [4.78, 5) is 0. The third-order valence-electron chi connectivity index (χ3n) is 3.56. The summed E-state index contributed by atoms with van der Waals surface area (Å²) in [5.74, 6) is 0.884. The summed E-state index contributed by atoms with van der Waals surface area (Å²) in [5.41, 5.74) is 10.2. The molecule has 112 valence electrons. The average Bonchev–Trinajstić information content (AvgIpc) is 2.47. The quantitative estimate of drug-likeness (QED) is 0.862. The van der Waals surface area contributed by atoms with Crippen LogP contribution in [0.5, 0.6) is 5.75 Å². The van der Waals surface area contributed by atoms with Gasteiger partial charge in [0.2, 0.25) is 0 Å². The molecular formula is C18H22FNO. The van der Waals surface area contributed by atoms with Crippen molar-refractivity contribution < 1.29 is 9.13 Å². The molecule has 2 rings (SSSR count). The largest absolute Gasteiger partial charge is 0.488 e. The molecule has 0 heterocycles. The van der Waals surface area contributed by atoms with E-state index in [9.17, 15) is 4.39 Å². The number of hydrogen-bond acceptors (Lipinski definition) is 2. The number of nitrogens with two attached hydrogens (primary N) is 1. The van der Waals surface area contributed by atoms with Crippen molar-refractivity contribution in [3.8, 4) is 5.75 Å². The van der Waals surface area contributed by atoms with Crippen LogP contribution in [0, 0.1) is 13.8 Å². The smallest absolute Gasteiger partial charge is 0.125 e. The van der Waals surface area contributed by atoms with Gasteiger partial charge >= 0.3 is 0 Å². The standard InChI is InChI=1S/C18H22FNO/c1-13-10-16(17(20)8-9-19)11-14(2)18(13)21-12-15-6-4-3-5-7-15/h3-7,10-11,17H,8-9,12,20H2,1-2H3/t17-/m1/s1. The Morgan fingerprint density at radius 3 is 2.29 bits per heavy atom. The Morgan fingerprint density at radius 2 is 1.71 bits per heavy atom. The summed E-state index contributed by atoms with van der Waals surface area (Å²) in [7, 11) is 0. The SMILES string of the molecule is Cc1cc([C@H](N)CCF)cc(C)c1OCc1ccccc1. The molecule has 2 aromatic rings. The van der Waals surface area contributed by atoms with Crippen LogP contribution in [0.3, 0.4) is 0 Å². The van der Waals surface area contributed by atoms with Gasteiger partial charge in [0.05, 0.1) is 6.67 Å². The molecule has 0 fully saturated rings. The summed E-state index contributed by atoms with van der Waals surface area (Å²) < 4.78 is 18.3. The Balaban J connectivity index is 2.13. The highest BCUT2D eigenvalue weighted by molar-refractivity contribution is 5.44. The molecule has 0 aliphatic heterocycles. The molecule has 0 amide bonds. The van der Waals surface area contributed by atoms with Crippen molar-refractivity contribution in [1.82, 2.24) is 0 Å². The first-order chi connectivity index (χ1) is 10.1. The minimum atomic E-state index is -0.397. The van der Waals surface area contributed by atoms with E-state index in [2.05, 4.69) is 0 Å². The third-order valence-corrected chi connectivity index (χ3v) is 3.56. The van der Waals surface area contributed by atoms with Gasteiger partial charge in [-0.1, -0.05) is 42.5 Å². The Bertz CT molecular complexity index is 560. The predicted octanol–water partition coefficient (Wildman–Crippen LogP) is 4.24. The van der Waals surface area contributed by atoms with Crippen LogP contribution in [0.4, 0.5) is 4.39 Å². The van der Waals surface area contributed by atoms with Gasteiger partial charge < -0.3 is 10.5 Å². The number of halogens is 1. The maximum absolute atomic E-state index is 12.4. The van der Waals surface area contributed by atoms with Crippen molar-refractivity contribution in [2.24, 2.45) is 5.73 Å². The van der Waals surface area contributed by atoms with E-state index >= 15 is 0 Å². The monoisotopic (exact) mass is 287 g/mol. The molecule has 0 bridgehead atoms. The first-order valence-corrected chi connectivity index (χ1v) is 7.21. The summed E-state index contributed by atoms with van der Waals surface area (Å²) in [6.07, 6.45) is 0.350. The first kappa shape index (κ1) is 15.5. The van der Waals surface area contributed by atoms with Gasteiger partial charge in [-0.25, -0.2) is 0 Å². The average molecular weight is 287 g/mol. The highest BCUT2D eigenvalue weighted by Gasteiger charge is 2.11. The predicted molar refractivity (Wildman–Crippen MR) is 84.2 cm³/mol. The lowest BCUT2D eigenvalue weighted by atomic mass is 9.99. The van der Waals surface area contributed by atoms with Gasteiger partial charge in [-0.3, -0.25) is 4.39 Å². The second-order valence-corrected chi connectivity index (χ2v) is 5.34. The molecule has 0 aliphatic carbocycles. The van der Waals surface area contributed by atoms with E-state index in [0.29, 0.717) is 13.0 Å². The topological polar surface area (TPSA) is 35.2 Å². The molecule has 3 heteroatoms. The lowest BCUT2D eigenvalue weighted by Crippen LogP contribution is -2.12. The fourth-order valence-electron chi connectivity index (χ4n) is 2.44. The molecule has 0 spiro atoms. The lowest BCUT2D eigenvalue weighted by Gasteiger charge is -2.17. The van der Waals surface area contributed by atoms with Gasteiger partial charge in [-0.2, -0.15) is 0 Å². The van der Waals surface area contributed by atoms with E-state index < -0.39 is 6.67 Å². The lowest BCUT2D eigenvalue weighted by molar-refractivity contribution is 0.301. The summed E-state index contributed by atoms with van der Waals surface area (Å²) >= 11 is 0. The van der Waals surface area contributed by atoms with Gasteiger partial charge in [-0.05, 0) is 42.5 Å². The third kappa shape index (κ3) is 4.05. The number of benzene rings is 2. The van der Waals surface area contributed by atoms with Gasteiger partial charge in [0.15, 0.2) is 0 Å². The van der Waals surface area contributed by atoms with Crippen LogP contribution in [-0.4, -0.2) is 6.67 Å². The molecule has 0 aliphatic rings. The van der Waals surface area contributed by atoms with Crippen LogP contribution in [0.1, 0.15) is 34.7 Å². The van der Waals surface area contributed by atoms with E-state index in [0.717, 1.165) is 28.0 Å². The van der Waals surface area contributed by atoms with Crippen LogP contribution in [0.2, 0.25) is 0 Å². The minimum absolute atomic E-state index is 0.254. The molecule has 0 unspecified atom stereocenters. The van der Waals surface area contributed by atoms with Crippen LogP contribution in [0.15, 0.2) is 42.5 Å². The van der Waals surface area contributed by atoms with Gasteiger partial charge in [-0.15, -0.1) is 0 Å². The molecule has 21 heavy (non-hydrogen) atoms. The molecule has 0 aromatic heterocycles. The molecule has 0 saturated carbocycles. The van der Waals surface area contributed by atoms with Gasteiger partial charge in [0, 0.05) is 6.04 Å². The molecule has 0 radical (unpaired) electrons. The number of aryl methyl sites for hydroxylation is 2. The number of hydrogen-bond donors (Lipinski definition) is 1. The molecule has 2 N–H and O–H groups in total.